The van der Waals surface area contributed by atoms with Gasteiger partial charge in [0, 0.05) is 22.4 Å². The first-order valence-electron chi connectivity index (χ1n) is 9.53. The maximum absolute atomic E-state index is 13.0. The van der Waals surface area contributed by atoms with Gasteiger partial charge in [-0.15, -0.1) is 0 Å². The monoisotopic (exact) mass is 371 g/mol. The molecule has 0 unspecified atom stereocenters. The molecule has 2 aromatic rings. The van der Waals surface area contributed by atoms with Crippen molar-refractivity contribution in [3.8, 4) is 5.75 Å². The number of rotatable bonds is 5. The minimum Gasteiger partial charge on any atom is -0.490 e. The van der Waals surface area contributed by atoms with Crippen LogP contribution in [0, 0.1) is 11.3 Å². The van der Waals surface area contributed by atoms with Crippen LogP contribution in [0.25, 0.3) is 10.8 Å². The lowest BCUT2D eigenvalue weighted by atomic mass is 9.90. The Kier molecular flexibility index (Phi) is 5.72. The SMILES string of the molecule is CC(C)Oc1ccc(NC(=O)C2(C)COC(C(C)C)OC2)c2ccccc12. The highest BCUT2D eigenvalue weighted by molar-refractivity contribution is 6.05. The molecule has 1 amide bonds. The summed E-state index contributed by atoms with van der Waals surface area (Å²) in [5, 5.41) is 4.99. The first-order valence-corrected chi connectivity index (χ1v) is 9.53. The molecule has 5 heteroatoms. The van der Waals surface area contributed by atoms with E-state index in [1.54, 1.807) is 0 Å². The molecule has 1 saturated heterocycles. The Morgan fingerprint density at radius 3 is 2.30 bits per heavy atom. The highest BCUT2D eigenvalue weighted by atomic mass is 16.7. The van der Waals surface area contributed by atoms with Crippen LogP contribution in [-0.2, 0) is 14.3 Å². The Bertz CT molecular complexity index is 807. The van der Waals surface area contributed by atoms with Crippen molar-refractivity contribution < 1.29 is 19.0 Å². The Morgan fingerprint density at radius 1 is 1.07 bits per heavy atom. The molecular weight excluding hydrogens is 342 g/mol. The number of benzene rings is 2. The summed E-state index contributed by atoms with van der Waals surface area (Å²) in [4.78, 5) is 13.0. The number of hydrogen-bond acceptors (Lipinski definition) is 4. The molecule has 2 aromatic carbocycles. The molecule has 0 aromatic heterocycles. The molecule has 146 valence electrons. The van der Waals surface area contributed by atoms with Crippen LogP contribution in [0.3, 0.4) is 0 Å². The summed E-state index contributed by atoms with van der Waals surface area (Å²) in [5.41, 5.74) is 0.0403. The van der Waals surface area contributed by atoms with Gasteiger partial charge in [0.1, 0.15) is 5.75 Å². The molecule has 3 rings (SSSR count). The topological polar surface area (TPSA) is 56.8 Å². The van der Waals surface area contributed by atoms with Crippen molar-refractivity contribution in [2.75, 3.05) is 18.5 Å². The Labute approximate surface area is 161 Å². The average molecular weight is 371 g/mol. The Balaban J connectivity index is 1.81. The van der Waals surface area contributed by atoms with E-state index in [-0.39, 0.29) is 24.2 Å². The highest BCUT2D eigenvalue weighted by Gasteiger charge is 2.40. The second-order valence-electron chi connectivity index (χ2n) is 8.07. The molecule has 0 spiro atoms. The van der Waals surface area contributed by atoms with Gasteiger partial charge < -0.3 is 19.5 Å². The van der Waals surface area contributed by atoms with E-state index in [1.807, 2.05) is 71.0 Å². The van der Waals surface area contributed by atoms with E-state index in [2.05, 4.69) is 5.32 Å². The van der Waals surface area contributed by atoms with Crippen molar-refractivity contribution in [1.29, 1.82) is 0 Å². The van der Waals surface area contributed by atoms with E-state index in [9.17, 15) is 4.79 Å². The van der Waals surface area contributed by atoms with Crippen molar-refractivity contribution in [3.63, 3.8) is 0 Å². The van der Waals surface area contributed by atoms with Gasteiger partial charge in [0.25, 0.3) is 0 Å². The number of nitrogens with one attached hydrogen (secondary N) is 1. The lowest BCUT2D eigenvalue weighted by Gasteiger charge is -2.37. The van der Waals surface area contributed by atoms with Gasteiger partial charge in [0.15, 0.2) is 6.29 Å². The number of carbonyl (C=O) groups is 1. The van der Waals surface area contributed by atoms with Gasteiger partial charge >= 0.3 is 0 Å². The zero-order valence-electron chi connectivity index (χ0n) is 16.7. The zero-order chi connectivity index (χ0) is 19.6. The fourth-order valence-corrected chi connectivity index (χ4v) is 3.15. The van der Waals surface area contributed by atoms with Gasteiger partial charge in [-0.2, -0.15) is 0 Å². The molecule has 27 heavy (non-hydrogen) atoms. The second kappa shape index (κ2) is 7.87. The Morgan fingerprint density at radius 2 is 1.70 bits per heavy atom. The molecule has 1 aliphatic heterocycles. The summed E-state index contributed by atoms with van der Waals surface area (Å²) in [6.07, 6.45) is -0.169. The molecule has 1 aliphatic rings. The normalized spacial score (nSPS) is 23.0. The third-order valence-electron chi connectivity index (χ3n) is 4.72. The maximum atomic E-state index is 13.0. The van der Waals surface area contributed by atoms with Crippen molar-refractivity contribution in [3.05, 3.63) is 36.4 Å². The number of ether oxygens (including phenoxy) is 3. The summed E-state index contributed by atoms with van der Waals surface area (Å²) in [7, 11) is 0. The molecule has 0 radical (unpaired) electrons. The van der Waals surface area contributed by atoms with Gasteiger partial charge in [-0.1, -0.05) is 38.1 Å². The third kappa shape index (κ3) is 4.25. The smallest absolute Gasteiger partial charge is 0.235 e. The zero-order valence-corrected chi connectivity index (χ0v) is 16.7. The van der Waals surface area contributed by atoms with Crippen molar-refractivity contribution in [1.82, 2.24) is 0 Å². The van der Waals surface area contributed by atoms with Gasteiger partial charge in [-0.25, -0.2) is 0 Å². The maximum Gasteiger partial charge on any atom is 0.235 e. The van der Waals surface area contributed by atoms with Crippen LogP contribution in [0.4, 0.5) is 5.69 Å². The largest absolute Gasteiger partial charge is 0.490 e. The fourth-order valence-electron chi connectivity index (χ4n) is 3.15. The summed E-state index contributed by atoms with van der Waals surface area (Å²) in [5.74, 6) is 0.969. The summed E-state index contributed by atoms with van der Waals surface area (Å²) in [6, 6.07) is 11.7. The summed E-state index contributed by atoms with van der Waals surface area (Å²) >= 11 is 0. The molecular formula is C22H29NO4. The van der Waals surface area contributed by atoms with Crippen molar-refractivity contribution >= 4 is 22.4 Å². The average Bonchev–Trinajstić information content (AvgIpc) is 2.63. The molecule has 1 heterocycles. The van der Waals surface area contributed by atoms with E-state index in [0.717, 1.165) is 22.2 Å². The van der Waals surface area contributed by atoms with Crippen LogP contribution in [0.15, 0.2) is 36.4 Å². The molecule has 0 aliphatic carbocycles. The number of carbonyl (C=O) groups excluding carboxylic acids is 1. The summed E-state index contributed by atoms with van der Waals surface area (Å²) < 4.78 is 17.4. The van der Waals surface area contributed by atoms with Gasteiger partial charge in [0.05, 0.1) is 24.7 Å². The predicted octanol–water partition coefficient (Wildman–Crippen LogP) is 4.60. The van der Waals surface area contributed by atoms with Crippen molar-refractivity contribution in [2.45, 2.75) is 47.0 Å². The first kappa shape index (κ1) is 19.6. The van der Waals surface area contributed by atoms with E-state index in [4.69, 9.17) is 14.2 Å². The quantitative estimate of drug-likeness (QED) is 0.834. The first-order chi connectivity index (χ1) is 12.8. The lowest BCUT2D eigenvalue weighted by molar-refractivity contribution is -0.237. The summed E-state index contributed by atoms with van der Waals surface area (Å²) in [6.45, 7) is 10.6. The Hall–Kier alpha value is -2.11. The minimum absolute atomic E-state index is 0.0817. The minimum atomic E-state index is -0.723. The van der Waals surface area contributed by atoms with E-state index in [1.165, 1.54) is 0 Å². The molecule has 1 fully saturated rings. The predicted molar refractivity (Wildman–Crippen MR) is 107 cm³/mol. The van der Waals surface area contributed by atoms with Gasteiger partial charge in [-0.05, 0) is 32.9 Å². The van der Waals surface area contributed by atoms with Crippen LogP contribution < -0.4 is 10.1 Å². The molecule has 1 N–H and O–H groups in total. The van der Waals surface area contributed by atoms with Gasteiger partial charge in [-0.3, -0.25) is 4.79 Å². The van der Waals surface area contributed by atoms with Crippen LogP contribution in [0.2, 0.25) is 0 Å². The van der Waals surface area contributed by atoms with Crippen molar-refractivity contribution in [2.24, 2.45) is 11.3 Å². The van der Waals surface area contributed by atoms with Gasteiger partial charge in [0.2, 0.25) is 5.91 Å². The third-order valence-corrected chi connectivity index (χ3v) is 4.72. The number of hydrogen-bond donors (Lipinski definition) is 1. The molecule has 0 saturated carbocycles. The molecule has 5 nitrogen and oxygen atoms in total. The second-order valence-corrected chi connectivity index (χ2v) is 8.07. The number of anilines is 1. The lowest BCUT2D eigenvalue weighted by Crippen LogP contribution is -2.48. The van der Waals surface area contributed by atoms with Crippen LogP contribution in [0.5, 0.6) is 5.75 Å². The van der Waals surface area contributed by atoms with Crippen LogP contribution in [0.1, 0.15) is 34.6 Å². The number of fused-ring (bicyclic) bond motifs is 1. The standard InChI is InChI=1S/C22H29NO4/c1-14(2)20-25-12-22(5,13-26-20)21(24)23-18-10-11-19(27-15(3)4)17-9-7-6-8-16(17)18/h6-11,14-15,20H,12-13H2,1-5H3,(H,23,24). The molecule has 0 atom stereocenters. The molecule has 0 bridgehead atoms. The highest BCUT2D eigenvalue weighted by Crippen LogP contribution is 2.34. The van der Waals surface area contributed by atoms with E-state index < -0.39 is 5.41 Å². The fraction of sp³-hybridized carbons (Fsp3) is 0.500. The van der Waals surface area contributed by atoms with Crippen LogP contribution in [-0.4, -0.2) is 31.5 Å². The van der Waals surface area contributed by atoms with E-state index >= 15 is 0 Å². The van der Waals surface area contributed by atoms with E-state index in [0.29, 0.717) is 13.2 Å². The number of amides is 1. The van der Waals surface area contributed by atoms with Crippen LogP contribution >= 0.6 is 0 Å².